The zero-order valence-electron chi connectivity index (χ0n) is 15.3. The van der Waals surface area contributed by atoms with Gasteiger partial charge in [-0.05, 0) is 54.4 Å². The number of pyridine rings is 1. The largest absolute Gasteiger partial charge is 0.310 e. The van der Waals surface area contributed by atoms with E-state index in [0.717, 1.165) is 11.1 Å². The molecule has 6 nitrogen and oxygen atoms in total. The molecule has 0 spiro atoms. The number of nitrogens with one attached hydrogen (secondary N) is 2. The number of halogens is 2. The number of carbonyl (C=O) groups is 1. The molecule has 0 saturated heterocycles. The molecule has 1 amide bonds. The van der Waals surface area contributed by atoms with Crippen molar-refractivity contribution in [3.63, 3.8) is 0 Å². The summed E-state index contributed by atoms with van der Waals surface area (Å²) >= 11 is 11.7. The van der Waals surface area contributed by atoms with Crippen LogP contribution >= 0.6 is 23.2 Å². The van der Waals surface area contributed by atoms with Crippen LogP contribution < -0.4 is 10.0 Å². The summed E-state index contributed by atoms with van der Waals surface area (Å²) < 4.78 is 27.4. The lowest BCUT2D eigenvalue weighted by molar-refractivity contribution is -0.115. The van der Waals surface area contributed by atoms with Gasteiger partial charge in [-0.15, -0.1) is 0 Å². The first-order chi connectivity index (χ1) is 13.7. The first kappa shape index (κ1) is 21.1. The number of rotatable bonds is 6. The topological polar surface area (TPSA) is 88.2 Å². The fourth-order valence-electron chi connectivity index (χ4n) is 2.53. The average Bonchev–Trinajstić information content (AvgIpc) is 2.67. The maximum atomic E-state index is 12.5. The monoisotopic (exact) mass is 449 g/mol. The Morgan fingerprint density at radius 3 is 2.41 bits per heavy atom. The van der Waals surface area contributed by atoms with Crippen molar-refractivity contribution in [2.45, 2.75) is 18.2 Å². The highest BCUT2D eigenvalue weighted by atomic mass is 35.5. The van der Waals surface area contributed by atoms with Crippen LogP contribution in [-0.4, -0.2) is 19.3 Å². The zero-order chi connectivity index (χ0) is 21.0. The van der Waals surface area contributed by atoms with E-state index in [1.165, 1.54) is 18.2 Å². The number of sulfonamides is 1. The smallest absolute Gasteiger partial charge is 0.261 e. The molecule has 29 heavy (non-hydrogen) atoms. The predicted octanol–water partition coefficient (Wildman–Crippen LogP) is 4.68. The summed E-state index contributed by atoms with van der Waals surface area (Å²) in [6.45, 7) is 1.86. The van der Waals surface area contributed by atoms with Crippen molar-refractivity contribution in [1.29, 1.82) is 0 Å². The second kappa shape index (κ2) is 8.82. The second-order valence-corrected chi connectivity index (χ2v) is 8.77. The molecular formula is C20H17Cl2N3O3S. The number of benzene rings is 2. The molecule has 2 N–H and O–H groups in total. The molecule has 0 bridgehead atoms. The van der Waals surface area contributed by atoms with Gasteiger partial charge in [0.05, 0.1) is 21.4 Å². The predicted molar refractivity (Wildman–Crippen MR) is 115 cm³/mol. The normalized spacial score (nSPS) is 11.1. The average molecular weight is 450 g/mol. The Labute approximate surface area is 178 Å². The van der Waals surface area contributed by atoms with E-state index in [0.29, 0.717) is 11.5 Å². The number of hydrogen-bond donors (Lipinski definition) is 2. The number of hydrogen-bond acceptors (Lipinski definition) is 4. The Morgan fingerprint density at radius 1 is 1.03 bits per heavy atom. The van der Waals surface area contributed by atoms with Gasteiger partial charge in [0.1, 0.15) is 5.82 Å². The number of anilines is 2. The summed E-state index contributed by atoms with van der Waals surface area (Å²) in [5.74, 6) is 0.305. The van der Waals surface area contributed by atoms with Crippen molar-refractivity contribution < 1.29 is 13.2 Å². The number of aryl methyl sites for hydroxylation is 1. The molecule has 0 saturated carbocycles. The van der Waals surface area contributed by atoms with E-state index in [1.54, 1.807) is 36.5 Å². The summed E-state index contributed by atoms with van der Waals surface area (Å²) in [5.41, 5.74) is 1.96. The molecule has 9 heteroatoms. The van der Waals surface area contributed by atoms with E-state index in [1.807, 2.05) is 13.0 Å². The van der Waals surface area contributed by atoms with Gasteiger partial charge in [0.2, 0.25) is 5.91 Å². The van der Waals surface area contributed by atoms with E-state index in [2.05, 4.69) is 15.0 Å². The molecule has 0 aliphatic carbocycles. The minimum Gasteiger partial charge on any atom is -0.310 e. The fourth-order valence-corrected chi connectivity index (χ4v) is 3.97. The van der Waals surface area contributed by atoms with Crippen LogP contribution in [0.3, 0.4) is 0 Å². The SMILES string of the molecule is Cc1cccnc1NC(=O)Cc1ccc(NS(=O)(=O)c2ccc(Cl)c(Cl)c2)cc1. The third-order valence-corrected chi connectivity index (χ3v) is 6.16. The Bertz CT molecular complexity index is 1150. The lowest BCUT2D eigenvalue weighted by Crippen LogP contribution is -2.16. The van der Waals surface area contributed by atoms with Gasteiger partial charge in [0, 0.05) is 11.9 Å². The van der Waals surface area contributed by atoms with E-state index in [-0.39, 0.29) is 27.3 Å². The van der Waals surface area contributed by atoms with Crippen molar-refractivity contribution in [1.82, 2.24) is 4.98 Å². The highest BCUT2D eigenvalue weighted by molar-refractivity contribution is 7.92. The van der Waals surface area contributed by atoms with Gasteiger partial charge < -0.3 is 5.32 Å². The lowest BCUT2D eigenvalue weighted by atomic mass is 10.1. The summed E-state index contributed by atoms with van der Waals surface area (Å²) in [6, 6.07) is 14.3. The Balaban J connectivity index is 1.66. The van der Waals surface area contributed by atoms with Crippen LogP contribution in [0, 0.1) is 6.92 Å². The van der Waals surface area contributed by atoms with E-state index >= 15 is 0 Å². The highest BCUT2D eigenvalue weighted by Gasteiger charge is 2.16. The Hall–Kier alpha value is -2.61. The van der Waals surface area contributed by atoms with Crippen LogP contribution in [0.25, 0.3) is 0 Å². The van der Waals surface area contributed by atoms with Gasteiger partial charge in [-0.1, -0.05) is 41.4 Å². The number of carbonyl (C=O) groups excluding carboxylic acids is 1. The van der Waals surface area contributed by atoms with Gasteiger partial charge in [-0.25, -0.2) is 13.4 Å². The molecule has 3 rings (SSSR count). The van der Waals surface area contributed by atoms with Crippen molar-refractivity contribution in [2.24, 2.45) is 0 Å². The van der Waals surface area contributed by atoms with Crippen LogP contribution in [0.5, 0.6) is 0 Å². The van der Waals surface area contributed by atoms with Crippen LogP contribution in [0.1, 0.15) is 11.1 Å². The second-order valence-electron chi connectivity index (χ2n) is 6.27. The zero-order valence-corrected chi connectivity index (χ0v) is 17.6. The number of aromatic nitrogens is 1. The quantitative estimate of drug-likeness (QED) is 0.571. The summed E-state index contributed by atoms with van der Waals surface area (Å²) in [4.78, 5) is 16.3. The molecule has 1 aromatic heterocycles. The molecule has 0 unspecified atom stereocenters. The van der Waals surface area contributed by atoms with Crippen molar-refractivity contribution in [3.05, 3.63) is 82.0 Å². The maximum Gasteiger partial charge on any atom is 0.261 e. The molecule has 150 valence electrons. The van der Waals surface area contributed by atoms with E-state index in [4.69, 9.17) is 23.2 Å². The molecule has 0 atom stereocenters. The fraction of sp³-hybridized carbons (Fsp3) is 0.100. The molecule has 0 fully saturated rings. The first-order valence-corrected chi connectivity index (χ1v) is 10.8. The van der Waals surface area contributed by atoms with Crippen molar-refractivity contribution in [2.75, 3.05) is 10.0 Å². The summed E-state index contributed by atoms with van der Waals surface area (Å²) in [6.07, 6.45) is 1.74. The molecule has 0 radical (unpaired) electrons. The number of nitrogens with zero attached hydrogens (tertiary/aromatic N) is 1. The van der Waals surface area contributed by atoms with Crippen LogP contribution in [0.2, 0.25) is 10.0 Å². The van der Waals surface area contributed by atoms with Gasteiger partial charge in [-0.3, -0.25) is 9.52 Å². The molecule has 0 aliphatic rings. The molecular weight excluding hydrogens is 433 g/mol. The van der Waals surface area contributed by atoms with Crippen LogP contribution in [-0.2, 0) is 21.2 Å². The maximum absolute atomic E-state index is 12.5. The summed E-state index contributed by atoms with van der Waals surface area (Å²) in [5, 5.41) is 3.18. The van der Waals surface area contributed by atoms with E-state index in [9.17, 15) is 13.2 Å². The third-order valence-electron chi connectivity index (χ3n) is 4.04. The van der Waals surface area contributed by atoms with Gasteiger partial charge in [0.25, 0.3) is 10.0 Å². The highest BCUT2D eigenvalue weighted by Crippen LogP contribution is 2.26. The van der Waals surface area contributed by atoms with Gasteiger partial charge in [-0.2, -0.15) is 0 Å². The first-order valence-electron chi connectivity index (χ1n) is 8.53. The molecule has 3 aromatic rings. The standard InChI is InChI=1S/C20H17Cl2N3O3S/c1-13-3-2-10-23-20(13)24-19(26)11-14-4-6-15(7-5-14)25-29(27,28)16-8-9-17(21)18(22)12-16/h2-10,12,25H,11H2,1H3,(H,23,24,26). The summed E-state index contributed by atoms with van der Waals surface area (Å²) in [7, 11) is -3.81. The van der Waals surface area contributed by atoms with Crippen LogP contribution in [0.4, 0.5) is 11.5 Å². The molecule has 1 heterocycles. The number of amides is 1. The minimum atomic E-state index is -3.81. The van der Waals surface area contributed by atoms with E-state index < -0.39 is 10.0 Å². The van der Waals surface area contributed by atoms with Gasteiger partial charge in [0.15, 0.2) is 0 Å². The Kier molecular flexibility index (Phi) is 6.42. The Morgan fingerprint density at radius 2 is 1.76 bits per heavy atom. The van der Waals surface area contributed by atoms with Crippen molar-refractivity contribution >= 4 is 50.6 Å². The van der Waals surface area contributed by atoms with Crippen molar-refractivity contribution in [3.8, 4) is 0 Å². The molecule has 2 aromatic carbocycles. The minimum absolute atomic E-state index is 0.00100. The molecule has 0 aliphatic heterocycles. The van der Waals surface area contributed by atoms with Gasteiger partial charge >= 0.3 is 0 Å². The lowest BCUT2D eigenvalue weighted by Gasteiger charge is -2.10. The third kappa shape index (κ3) is 5.47. The van der Waals surface area contributed by atoms with Crippen LogP contribution in [0.15, 0.2) is 65.7 Å².